The average Bonchev–Trinajstić information content (AvgIpc) is 2.43. The molecule has 0 aliphatic heterocycles. The van der Waals surface area contributed by atoms with E-state index in [9.17, 15) is 4.79 Å². The molecule has 1 N–H and O–H groups in total. The zero-order valence-electron chi connectivity index (χ0n) is 10.9. The highest BCUT2D eigenvalue weighted by molar-refractivity contribution is 9.10. The minimum Gasteiger partial charge on any atom is -0.374 e. The highest BCUT2D eigenvalue weighted by Gasteiger charge is 2.08. The molecule has 19 heavy (non-hydrogen) atoms. The molecule has 0 aliphatic rings. The highest BCUT2D eigenvalue weighted by Crippen LogP contribution is 2.21. The van der Waals surface area contributed by atoms with E-state index in [1.54, 1.807) is 24.3 Å². The normalized spacial score (nSPS) is 10.5. The second-order valence-electron chi connectivity index (χ2n) is 4.14. The molecule has 1 amide bonds. The zero-order chi connectivity index (χ0) is 13.8. The lowest BCUT2D eigenvalue weighted by atomic mass is 10.3. The summed E-state index contributed by atoms with van der Waals surface area (Å²) in [4.78, 5) is 22.0. The third-order valence-corrected chi connectivity index (χ3v) is 3.31. The van der Waals surface area contributed by atoms with Crippen LogP contribution in [0.2, 0.25) is 0 Å². The molecule has 0 bridgehead atoms. The number of nitrogens with zero attached hydrogens (tertiary/aromatic N) is 3. The maximum atomic E-state index is 11.8. The molecule has 0 aliphatic carbocycles. The SMILES string of the molecule is CCN(C)C(=O)CNc1ccnc2cc(Br)cnc12. The van der Waals surface area contributed by atoms with Crippen LogP contribution in [0.5, 0.6) is 0 Å². The second-order valence-corrected chi connectivity index (χ2v) is 5.06. The van der Waals surface area contributed by atoms with Gasteiger partial charge >= 0.3 is 0 Å². The Morgan fingerprint density at radius 1 is 1.47 bits per heavy atom. The first-order chi connectivity index (χ1) is 9.11. The van der Waals surface area contributed by atoms with Gasteiger partial charge in [-0.25, -0.2) is 0 Å². The molecule has 2 heterocycles. The lowest BCUT2D eigenvalue weighted by Gasteiger charge is -2.15. The molecule has 0 saturated carbocycles. The van der Waals surface area contributed by atoms with Crippen LogP contribution in [0.15, 0.2) is 29.0 Å². The van der Waals surface area contributed by atoms with Gasteiger partial charge in [0.2, 0.25) is 5.91 Å². The van der Waals surface area contributed by atoms with Crippen LogP contribution in [0.25, 0.3) is 11.0 Å². The van der Waals surface area contributed by atoms with Crippen molar-refractivity contribution in [3.63, 3.8) is 0 Å². The first-order valence-corrected chi connectivity index (χ1v) is 6.79. The number of anilines is 1. The molecular formula is C13H15BrN4O. The van der Waals surface area contributed by atoms with E-state index < -0.39 is 0 Å². The van der Waals surface area contributed by atoms with Crippen molar-refractivity contribution >= 4 is 38.6 Å². The zero-order valence-corrected chi connectivity index (χ0v) is 12.4. The molecule has 0 aromatic carbocycles. The summed E-state index contributed by atoms with van der Waals surface area (Å²) in [6.07, 6.45) is 3.42. The molecule has 5 nitrogen and oxygen atoms in total. The molecule has 0 spiro atoms. The van der Waals surface area contributed by atoms with Crippen LogP contribution in [0, 0.1) is 0 Å². The third-order valence-electron chi connectivity index (χ3n) is 2.87. The Morgan fingerprint density at radius 3 is 3.00 bits per heavy atom. The van der Waals surface area contributed by atoms with Gasteiger partial charge < -0.3 is 10.2 Å². The fourth-order valence-corrected chi connectivity index (χ4v) is 1.95. The Kier molecular flexibility index (Phi) is 4.31. The molecule has 2 rings (SSSR count). The summed E-state index contributed by atoms with van der Waals surface area (Å²) in [6.45, 7) is 2.89. The number of rotatable bonds is 4. The first kappa shape index (κ1) is 13.7. The number of hydrogen-bond donors (Lipinski definition) is 1. The number of fused-ring (bicyclic) bond motifs is 1. The summed E-state index contributed by atoms with van der Waals surface area (Å²) in [7, 11) is 1.78. The van der Waals surface area contributed by atoms with E-state index in [2.05, 4.69) is 31.2 Å². The number of likely N-dealkylation sites (N-methyl/N-ethyl adjacent to an activating group) is 1. The Labute approximate surface area is 120 Å². The predicted molar refractivity (Wildman–Crippen MR) is 79.0 cm³/mol. The molecule has 100 valence electrons. The summed E-state index contributed by atoms with van der Waals surface area (Å²) in [5.74, 6) is 0.0459. The van der Waals surface area contributed by atoms with Crippen molar-refractivity contribution in [1.82, 2.24) is 14.9 Å². The number of nitrogens with one attached hydrogen (secondary N) is 1. The van der Waals surface area contributed by atoms with Gasteiger partial charge in [0.25, 0.3) is 0 Å². The molecule has 0 radical (unpaired) electrons. The van der Waals surface area contributed by atoms with Gasteiger partial charge in [0.1, 0.15) is 5.52 Å². The molecular weight excluding hydrogens is 308 g/mol. The van der Waals surface area contributed by atoms with Gasteiger partial charge in [-0.2, -0.15) is 0 Å². The van der Waals surface area contributed by atoms with Crippen molar-refractivity contribution in [2.24, 2.45) is 0 Å². The Hall–Kier alpha value is -1.69. The summed E-state index contributed by atoms with van der Waals surface area (Å²) in [6, 6.07) is 3.72. The largest absolute Gasteiger partial charge is 0.374 e. The highest BCUT2D eigenvalue weighted by atomic mass is 79.9. The van der Waals surface area contributed by atoms with Crippen molar-refractivity contribution in [2.75, 3.05) is 25.5 Å². The maximum absolute atomic E-state index is 11.8. The molecule has 0 unspecified atom stereocenters. The van der Waals surface area contributed by atoms with Crippen molar-refractivity contribution in [1.29, 1.82) is 0 Å². The smallest absolute Gasteiger partial charge is 0.241 e. The molecule has 0 fully saturated rings. The van der Waals surface area contributed by atoms with E-state index in [1.807, 2.05) is 19.1 Å². The number of hydrogen-bond acceptors (Lipinski definition) is 4. The lowest BCUT2D eigenvalue weighted by Crippen LogP contribution is -2.31. The molecule has 0 atom stereocenters. The number of carbonyl (C=O) groups is 1. The maximum Gasteiger partial charge on any atom is 0.241 e. The average molecular weight is 323 g/mol. The van der Waals surface area contributed by atoms with Crippen molar-refractivity contribution in [2.45, 2.75) is 6.92 Å². The van der Waals surface area contributed by atoms with Gasteiger partial charge in [-0.3, -0.25) is 14.8 Å². The predicted octanol–water partition coefficient (Wildman–Crippen LogP) is 2.28. The molecule has 0 saturated heterocycles. The topological polar surface area (TPSA) is 58.1 Å². The number of carbonyl (C=O) groups excluding carboxylic acids is 1. The third kappa shape index (κ3) is 3.20. The van der Waals surface area contributed by atoms with Crippen LogP contribution in [0.1, 0.15) is 6.92 Å². The van der Waals surface area contributed by atoms with E-state index >= 15 is 0 Å². The van der Waals surface area contributed by atoms with Crippen LogP contribution < -0.4 is 5.32 Å². The van der Waals surface area contributed by atoms with Crippen molar-refractivity contribution in [3.05, 3.63) is 29.0 Å². The van der Waals surface area contributed by atoms with Crippen LogP contribution >= 0.6 is 15.9 Å². The number of amides is 1. The van der Waals surface area contributed by atoms with Gasteiger partial charge in [-0.05, 0) is 35.0 Å². The van der Waals surface area contributed by atoms with E-state index in [1.165, 1.54) is 0 Å². The summed E-state index contributed by atoms with van der Waals surface area (Å²) in [5, 5.41) is 3.11. The number of halogens is 1. The van der Waals surface area contributed by atoms with Gasteiger partial charge in [0, 0.05) is 30.5 Å². The minimum atomic E-state index is 0.0459. The van der Waals surface area contributed by atoms with Crippen LogP contribution in [0.4, 0.5) is 5.69 Å². The van der Waals surface area contributed by atoms with Gasteiger partial charge in [-0.15, -0.1) is 0 Å². The second kappa shape index (κ2) is 5.97. The quantitative estimate of drug-likeness (QED) is 0.938. The minimum absolute atomic E-state index is 0.0459. The van der Waals surface area contributed by atoms with E-state index in [-0.39, 0.29) is 12.5 Å². The monoisotopic (exact) mass is 322 g/mol. The molecule has 2 aromatic heterocycles. The van der Waals surface area contributed by atoms with Crippen molar-refractivity contribution < 1.29 is 4.79 Å². The Morgan fingerprint density at radius 2 is 2.26 bits per heavy atom. The molecule has 6 heteroatoms. The van der Waals surface area contributed by atoms with Crippen LogP contribution in [-0.2, 0) is 4.79 Å². The number of aromatic nitrogens is 2. The van der Waals surface area contributed by atoms with Gasteiger partial charge in [-0.1, -0.05) is 0 Å². The summed E-state index contributed by atoms with van der Waals surface area (Å²) in [5.41, 5.74) is 2.36. The number of pyridine rings is 2. The fourth-order valence-electron chi connectivity index (χ4n) is 1.63. The van der Waals surface area contributed by atoms with E-state index in [0.29, 0.717) is 6.54 Å². The lowest BCUT2D eigenvalue weighted by molar-refractivity contribution is -0.127. The van der Waals surface area contributed by atoms with Crippen LogP contribution in [0.3, 0.4) is 0 Å². The Balaban J connectivity index is 2.19. The molecule has 2 aromatic rings. The van der Waals surface area contributed by atoms with Gasteiger partial charge in [0.15, 0.2) is 0 Å². The fraction of sp³-hybridized carbons (Fsp3) is 0.308. The standard InChI is InChI=1S/C13H15BrN4O/c1-3-18(2)12(19)8-16-10-4-5-15-11-6-9(14)7-17-13(10)11/h4-7H,3,8H2,1-2H3,(H,15,16). The van der Waals surface area contributed by atoms with Crippen LogP contribution in [-0.4, -0.2) is 40.9 Å². The van der Waals surface area contributed by atoms with Gasteiger partial charge in [0.05, 0.1) is 17.7 Å². The van der Waals surface area contributed by atoms with Crippen molar-refractivity contribution in [3.8, 4) is 0 Å². The first-order valence-electron chi connectivity index (χ1n) is 6.00. The van der Waals surface area contributed by atoms with E-state index in [0.717, 1.165) is 21.2 Å². The summed E-state index contributed by atoms with van der Waals surface area (Å²) >= 11 is 3.36. The Bertz CT molecular complexity index is 602. The van der Waals surface area contributed by atoms with E-state index in [4.69, 9.17) is 0 Å². The summed E-state index contributed by atoms with van der Waals surface area (Å²) < 4.78 is 0.881.